The molecule has 1 saturated heterocycles. The maximum Gasteiger partial charge on any atom is 0.322 e. The number of carbonyl (C=O) groups excluding carboxylic acids is 1. The molecule has 1 heterocycles. The fraction of sp³-hybridized carbons (Fsp3) is 0.500. The lowest BCUT2D eigenvalue weighted by atomic mass is 10.0. The Labute approximate surface area is 112 Å². The minimum Gasteiger partial charge on any atom is -0.396 e. The third-order valence-corrected chi connectivity index (χ3v) is 3.43. The van der Waals surface area contributed by atoms with E-state index in [4.69, 9.17) is 5.11 Å². The van der Waals surface area contributed by atoms with E-state index >= 15 is 0 Å². The number of aliphatic hydroxyl groups is 1. The van der Waals surface area contributed by atoms with E-state index in [1.165, 1.54) is 12.1 Å². The van der Waals surface area contributed by atoms with E-state index in [1.54, 1.807) is 17.0 Å². The summed E-state index contributed by atoms with van der Waals surface area (Å²) in [6.07, 6.45) is 3.56. The second kappa shape index (κ2) is 6.52. The smallest absolute Gasteiger partial charge is 0.322 e. The number of rotatable bonds is 3. The first kappa shape index (κ1) is 13.8. The van der Waals surface area contributed by atoms with Gasteiger partial charge in [0.15, 0.2) is 0 Å². The van der Waals surface area contributed by atoms with E-state index in [0.29, 0.717) is 18.7 Å². The highest BCUT2D eigenvalue weighted by Gasteiger charge is 2.26. The molecule has 0 spiro atoms. The van der Waals surface area contributed by atoms with Crippen LogP contribution in [-0.2, 0) is 0 Å². The van der Waals surface area contributed by atoms with Crippen molar-refractivity contribution in [2.45, 2.75) is 31.7 Å². The molecule has 19 heavy (non-hydrogen) atoms. The predicted octanol–water partition coefficient (Wildman–Crippen LogP) is 2.59. The number of carbonyl (C=O) groups is 1. The molecule has 0 bridgehead atoms. The first-order chi connectivity index (χ1) is 9.20. The van der Waals surface area contributed by atoms with E-state index in [0.717, 1.165) is 19.3 Å². The number of amides is 2. The van der Waals surface area contributed by atoms with Gasteiger partial charge < -0.3 is 15.3 Å². The molecule has 1 fully saturated rings. The summed E-state index contributed by atoms with van der Waals surface area (Å²) in [5.74, 6) is -0.372. The second-order valence-corrected chi connectivity index (χ2v) is 4.80. The van der Waals surface area contributed by atoms with Crippen molar-refractivity contribution in [1.82, 2.24) is 4.90 Å². The Hall–Kier alpha value is -1.62. The summed E-state index contributed by atoms with van der Waals surface area (Å²) in [4.78, 5) is 13.9. The van der Waals surface area contributed by atoms with Crippen molar-refractivity contribution in [3.05, 3.63) is 30.1 Å². The summed E-state index contributed by atoms with van der Waals surface area (Å²) < 4.78 is 13.1. The van der Waals surface area contributed by atoms with Gasteiger partial charge in [-0.2, -0.15) is 0 Å². The minimum absolute atomic E-state index is 0.0762. The van der Waals surface area contributed by atoms with E-state index in [-0.39, 0.29) is 24.5 Å². The highest BCUT2D eigenvalue weighted by Crippen LogP contribution is 2.21. The number of hydrogen-bond donors (Lipinski definition) is 2. The Morgan fingerprint density at radius 2 is 2.32 bits per heavy atom. The average Bonchev–Trinajstić information content (AvgIpc) is 2.39. The number of piperidine rings is 1. The second-order valence-electron chi connectivity index (χ2n) is 4.80. The number of likely N-dealkylation sites (tertiary alicyclic amines) is 1. The molecular formula is C14H19FN2O2. The number of halogens is 1. The van der Waals surface area contributed by atoms with E-state index in [1.807, 2.05) is 0 Å². The topological polar surface area (TPSA) is 52.6 Å². The quantitative estimate of drug-likeness (QED) is 0.883. The molecule has 1 unspecified atom stereocenters. The van der Waals surface area contributed by atoms with Crippen LogP contribution in [0.4, 0.5) is 14.9 Å². The lowest BCUT2D eigenvalue weighted by Gasteiger charge is -2.35. The van der Waals surface area contributed by atoms with Gasteiger partial charge in [-0.05, 0) is 43.9 Å². The zero-order valence-electron chi connectivity index (χ0n) is 10.8. The van der Waals surface area contributed by atoms with Crippen molar-refractivity contribution >= 4 is 11.7 Å². The number of nitrogens with one attached hydrogen (secondary N) is 1. The Balaban J connectivity index is 2.01. The summed E-state index contributed by atoms with van der Waals surface area (Å²) in [5.41, 5.74) is 0.457. The number of hydrogen-bond acceptors (Lipinski definition) is 2. The molecule has 0 radical (unpaired) electrons. The molecule has 2 N–H and O–H groups in total. The highest BCUT2D eigenvalue weighted by atomic mass is 19.1. The van der Waals surface area contributed by atoms with Gasteiger partial charge in [-0.3, -0.25) is 0 Å². The Kier molecular flexibility index (Phi) is 4.74. The van der Waals surface area contributed by atoms with Crippen molar-refractivity contribution in [3.8, 4) is 0 Å². The third kappa shape index (κ3) is 3.67. The van der Waals surface area contributed by atoms with Gasteiger partial charge in [0.1, 0.15) is 5.82 Å². The van der Waals surface area contributed by atoms with Gasteiger partial charge in [0.05, 0.1) is 0 Å². The van der Waals surface area contributed by atoms with E-state index in [2.05, 4.69) is 5.32 Å². The summed E-state index contributed by atoms with van der Waals surface area (Å²) in [6.45, 7) is 0.764. The molecule has 1 atom stereocenters. The van der Waals surface area contributed by atoms with Gasteiger partial charge in [0.25, 0.3) is 0 Å². The van der Waals surface area contributed by atoms with Crippen LogP contribution >= 0.6 is 0 Å². The largest absolute Gasteiger partial charge is 0.396 e. The molecule has 5 heteroatoms. The van der Waals surface area contributed by atoms with Crippen LogP contribution in [0.3, 0.4) is 0 Å². The molecule has 2 amide bonds. The predicted molar refractivity (Wildman–Crippen MR) is 71.5 cm³/mol. The first-order valence-electron chi connectivity index (χ1n) is 6.65. The fourth-order valence-electron chi connectivity index (χ4n) is 2.48. The number of anilines is 1. The molecule has 2 rings (SSSR count). The molecule has 1 aliphatic rings. The van der Waals surface area contributed by atoms with E-state index in [9.17, 15) is 9.18 Å². The Morgan fingerprint density at radius 1 is 1.47 bits per heavy atom. The zero-order chi connectivity index (χ0) is 13.7. The molecule has 4 nitrogen and oxygen atoms in total. The maximum atomic E-state index is 13.1. The van der Waals surface area contributed by atoms with Crippen LogP contribution in [-0.4, -0.2) is 35.2 Å². The van der Waals surface area contributed by atoms with Gasteiger partial charge in [-0.25, -0.2) is 9.18 Å². The average molecular weight is 266 g/mol. The van der Waals surface area contributed by atoms with Gasteiger partial charge in [-0.15, -0.1) is 0 Å². The third-order valence-electron chi connectivity index (χ3n) is 3.43. The lowest BCUT2D eigenvalue weighted by Crippen LogP contribution is -2.46. The Morgan fingerprint density at radius 3 is 3.05 bits per heavy atom. The normalized spacial score (nSPS) is 19.3. The minimum atomic E-state index is -0.372. The summed E-state index contributed by atoms with van der Waals surface area (Å²) >= 11 is 0. The molecule has 0 saturated carbocycles. The summed E-state index contributed by atoms with van der Waals surface area (Å²) in [5, 5.41) is 11.7. The monoisotopic (exact) mass is 266 g/mol. The van der Waals surface area contributed by atoms with Crippen molar-refractivity contribution in [3.63, 3.8) is 0 Å². The van der Waals surface area contributed by atoms with Gasteiger partial charge >= 0.3 is 6.03 Å². The maximum absolute atomic E-state index is 13.1. The van der Waals surface area contributed by atoms with Gasteiger partial charge in [-0.1, -0.05) is 6.07 Å². The van der Waals surface area contributed by atoms with Gasteiger partial charge in [0.2, 0.25) is 0 Å². The number of nitrogens with zero attached hydrogens (tertiary/aromatic N) is 1. The van der Waals surface area contributed by atoms with Crippen molar-refractivity contribution < 1.29 is 14.3 Å². The van der Waals surface area contributed by atoms with Crippen LogP contribution in [0.5, 0.6) is 0 Å². The van der Waals surface area contributed by atoms with Crippen molar-refractivity contribution in [1.29, 1.82) is 0 Å². The number of aliphatic hydroxyl groups excluding tert-OH is 1. The van der Waals surface area contributed by atoms with Crippen molar-refractivity contribution in [2.24, 2.45) is 0 Å². The summed E-state index contributed by atoms with van der Waals surface area (Å²) in [7, 11) is 0. The fourth-order valence-corrected chi connectivity index (χ4v) is 2.48. The Bertz CT molecular complexity index is 437. The van der Waals surface area contributed by atoms with Crippen LogP contribution in [0.2, 0.25) is 0 Å². The molecule has 1 aromatic rings. The molecule has 104 valence electrons. The SMILES string of the molecule is O=C(Nc1cccc(F)c1)N1CCCCC1CCO. The van der Waals surface area contributed by atoms with Crippen LogP contribution in [0.1, 0.15) is 25.7 Å². The number of urea groups is 1. The summed E-state index contributed by atoms with van der Waals surface area (Å²) in [6, 6.07) is 5.71. The number of benzene rings is 1. The van der Waals surface area contributed by atoms with Crippen LogP contribution in [0, 0.1) is 5.82 Å². The highest BCUT2D eigenvalue weighted by molar-refractivity contribution is 5.89. The van der Waals surface area contributed by atoms with Gasteiger partial charge in [0, 0.05) is 24.9 Å². The van der Waals surface area contributed by atoms with Crippen LogP contribution < -0.4 is 5.32 Å². The van der Waals surface area contributed by atoms with E-state index < -0.39 is 0 Å². The lowest BCUT2D eigenvalue weighted by molar-refractivity contribution is 0.141. The molecule has 0 aliphatic carbocycles. The molecule has 0 aromatic heterocycles. The first-order valence-corrected chi connectivity index (χ1v) is 6.65. The standard InChI is InChI=1S/C14H19FN2O2/c15-11-4-3-5-12(10-11)16-14(19)17-8-2-1-6-13(17)7-9-18/h3-5,10,13,18H,1-2,6-9H2,(H,16,19). The van der Waals surface area contributed by atoms with Crippen LogP contribution in [0.25, 0.3) is 0 Å². The molecular weight excluding hydrogens is 247 g/mol. The van der Waals surface area contributed by atoms with Crippen molar-refractivity contribution in [2.75, 3.05) is 18.5 Å². The molecule has 1 aliphatic heterocycles. The molecule has 1 aromatic carbocycles. The van der Waals surface area contributed by atoms with Crippen LogP contribution in [0.15, 0.2) is 24.3 Å². The zero-order valence-corrected chi connectivity index (χ0v) is 10.8.